The van der Waals surface area contributed by atoms with Crippen molar-refractivity contribution >= 4 is 46.9 Å². The van der Waals surface area contributed by atoms with Crippen LogP contribution in [0.25, 0.3) is 0 Å². The van der Waals surface area contributed by atoms with Gasteiger partial charge in [0.2, 0.25) is 29.5 Å². The number of aliphatic hydroxyl groups excluding tert-OH is 4. The smallest absolute Gasteiger partial charge is 0.243 e. The van der Waals surface area contributed by atoms with Crippen molar-refractivity contribution in [3.63, 3.8) is 0 Å². The van der Waals surface area contributed by atoms with Gasteiger partial charge in [-0.2, -0.15) is 0 Å². The van der Waals surface area contributed by atoms with E-state index in [1.54, 1.807) is 21.0 Å². The standard InChI is InChI=1S/C51H72N6O17/c1-24(2)17-30(55-49(68)31-12-9-15-57(31)36(61)22-52-14-10-16-71-6)48(67)53-21-35(60)56-42(25(3)4)50(69)54-29-18-37(73-26(5)43(29)62)74-33-20-51(70,34(59)23-58)19-28-39(33)47(66)41-40(45(28)64)44(63)27-11-8-13-32(72-7)38(27)46(41)65/h8,11,13,24-26,29-31,33,37,40-43,52,58,62,64,66,70H,9-10,12,14-23H2,1-7H3,(H,53,67)(H,54,69)(H,55,68)(H,56,60)/t26-,29-,30-,31-,33-,37-,40?,41?,42-,43+,51?/m0/s1. The van der Waals surface area contributed by atoms with E-state index in [0.717, 1.165) is 0 Å². The van der Waals surface area contributed by atoms with Crippen LogP contribution < -0.4 is 31.3 Å². The number of ether oxygens (including phenoxy) is 4. The minimum absolute atomic E-state index is 0.0434. The fourth-order valence-electron chi connectivity index (χ4n) is 10.5. The Kier molecular flexibility index (Phi) is 19.2. The first-order valence-electron chi connectivity index (χ1n) is 25.2. The fourth-order valence-corrected chi connectivity index (χ4v) is 10.5. The van der Waals surface area contributed by atoms with Crippen LogP contribution in [0.4, 0.5) is 0 Å². The Balaban J connectivity index is 1.12. The minimum atomic E-state index is -2.40. The van der Waals surface area contributed by atoms with Gasteiger partial charge in [-0.1, -0.05) is 39.8 Å². The molecule has 1 aromatic carbocycles. The molecule has 23 heteroatoms. The molecule has 5 aliphatic rings. The van der Waals surface area contributed by atoms with Gasteiger partial charge in [0.1, 0.15) is 53.7 Å². The molecule has 6 rings (SSSR count). The summed E-state index contributed by atoms with van der Waals surface area (Å²) < 4.78 is 22.7. The van der Waals surface area contributed by atoms with Crippen LogP contribution in [0.5, 0.6) is 5.75 Å². The number of rotatable bonds is 22. The normalized spacial score (nSPS) is 27.5. The predicted octanol–water partition coefficient (Wildman–Crippen LogP) is -0.199. The van der Waals surface area contributed by atoms with Gasteiger partial charge in [0.05, 0.1) is 55.8 Å². The number of hydrogen-bond acceptors (Lipinski definition) is 18. The number of ketones is 3. The van der Waals surface area contributed by atoms with Gasteiger partial charge < -0.3 is 76.0 Å². The van der Waals surface area contributed by atoms with Crippen LogP contribution in [0.15, 0.2) is 40.9 Å². The molecule has 2 aliphatic heterocycles. The van der Waals surface area contributed by atoms with Crippen LogP contribution in [0.2, 0.25) is 0 Å². The van der Waals surface area contributed by atoms with Crippen LogP contribution in [-0.2, 0) is 43.0 Å². The number of allylic oxidation sites excluding steroid dienone is 2. The lowest BCUT2D eigenvalue weighted by atomic mass is 9.63. The maximum atomic E-state index is 14.1. The number of methoxy groups -OCH3 is 2. The molecule has 3 fully saturated rings. The van der Waals surface area contributed by atoms with Crippen molar-refractivity contribution in [3.8, 4) is 5.75 Å². The van der Waals surface area contributed by atoms with Crippen molar-refractivity contribution in [2.24, 2.45) is 23.7 Å². The summed E-state index contributed by atoms with van der Waals surface area (Å²) in [5, 5.41) is 70.4. The van der Waals surface area contributed by atoms with E-state index in [0.29, 0.717) is 39.0 Å². The number of benzene rings is 1. The van der Waals surface area contributed by atoms with E-state index in [4.69, 9.17) is 18.9 Å². The van der Waals surface area contributed by atoms with Crippen molar-refractivity contribution in [2.45, 2.75) is 134 Å². The summed E-state index contributed by atoms with van der Waals surface area (Å²) in [4.78, 5) is 110. The summed E-state index contributed by atoms with van der Waals surface area (Å²) in [7, 11) is 2.89. The minimum Gasteiger partial charge on any atom is -0.511 e. The second kappa shape index (κ2) is 24.7. The molecule has 10 N–H and O–H groups in total. The molecule has 5 amide bonds. The van der Waals surface area contributed by atoms with Gasteiger partial charge in [-0.15, -0.1) is 0 Å². The number of carbonyl (C=O) groups is 8. The number of nitrogens with one attached hydrogen (secondary N) is 5. The molecule has 11 atom stereocenters. The van der Waals surface area contributed by atoms with E-state index in [1.807, 2.05) is 13.8 Å². The highest BCUT2D eigenvalue weighted by Crippen LogP contribution is 2.52. The predicted molar refractivity (Wildman–Crippen MR) is 261 cm³/mol. The zero-order chi connectivity index (χ0) is 54.3. The largest absolute Gasteiger partial charge is 0.511 e. The fraction of sp³-hybridized carbons (Fsp3) is 0.647. The number of fused-ring (bicyclic) bond motifs is 3. The molecule has 3 unspecified atom stereocenters. The molecule has 408 valence electrons. The van der Waals surface area contributed by atoms with E-state index in [-0.39, 0.29) is 59.2 Å². The Morgan fingerprint density at radius 2 is 1.68 bits per heavy atom. The van der Waals surface area contributed by atoms with Gasteiger partial charge in [0, 0.05) is 56.2 Å². The Bertz CT molecular complexity index is 2390. The van der Waals surface area contributed by atoms with Crippen LogP contribution in [0.1, 0.15) is 100 Å². The van der Waals surface area contributed by atoms with E-state index in [9.17, 15) is 63.9 Å². The maximum absolute atomic E-state index is 14.1. The third-order valence-corrected chi connectivity index (χ3v) is 14.4. The molecule has 0 spiro atoms. The van der Waals surface area contributed by atoms with Crippen molar-refractivity contribution in [1.29, 1.82) is 0 Å². The molecule has 2 heterocycles. The zero-order valence-electron chi connectivity index (χ0n) is 42.9. The van der Waals surface area contributed by atoms with Crippen molar-refractivity contribution in [3.05, 3.63) is 52.0 Å². The number of carbonyl (C=O) groups excluding carboxylic acids is 8. The Labute approximate surface area is 429 Å². The SMILES string of the molecule is COCCCNCC(=O)N1CCC[C@H]1C(=O)N[C@@H](CC(C)C)C(=O)NCC(=O)N[C@H](C(=O)N[C@H]1C[C@H](O[C@H]2CC(O)(C(=O)CO)CC3=C(O)C4C(=O)c5cccc(OC)c5C(=O)C4C(O)=C32)O[C@@H](C)[C@H]1O)C(C)C. The Morgan fingerprint density at radius 3 is 2.34 bits per heavy atom. The number of hydrogen-bond donors (Lipinski definition) is 10. The zero-order valence-corrected chi connectivity index (χ0v) is 42.9. The monoisotopic (exact) mass is 1040 g/mol. The molecule has 2 saturated heterocycles. The van der Waals surface area contributed by atoms with E-state index in [2.05, 4.69) is 26.6 Å². The van der Waals surface area contributed by atoms with Gasteiger partial charge >= 0.3 is 0 Å². The molecule has 0 aromatic heterocycles. The highest BCUT2D eigenvalue weighted by molar-refractivity contribution is 6.19. The number of Topliss-reactive ketones (excluding diaryl/α,β-unsaturated/α-hetero) is 3. The molecule has 0 bridgehead atoms. The van der Waals surface area contributed by atoms with Crippen LogP contribution in [0, 0.1) is 23.7 Å². The number of aliphatic hydroxyl groups is 5. The molecule has 74 heavy (non-hydrogen) atoms. The lowest BCUT2D eigenvalue weighted by Gasteiger charge is -2.46. The summed E-state index contributed by atoms with van der Waals surface area (Å²) in [6.07, 6.45) is -4.91. The molecule has 1 saturated carbocycles. The van der Waals surface area contributed by atoms with Gasteiger partial charge in [-0.3, -0.25) is 38.4 Å². The van der Waals surface area contributed by atoms with E-state index in [1.165, 1.54) is 37.1 Å². The first-order valence-corrected chi connectivity index (χ1v) is 25.2. The van der Waals surface area contributed by atoms with Crippen LogP contribution >= 0.6 is 0 Å². The highest BCUT2D eigenvalue weighted by atomic mass is 16.7. The third-order valence-electron chi connectivity index (χ3n) is 14.4. The summed E-state index contributed by atoms with van der Waals surface area (Å²) in [6.45, 7) is 8.37. The first-order chi connectivity index (χ1) is 35.1. The molecule has 0 radical (unpaired) electrons. The van der Waals surface area contributed by atoms with Crippen molar-refractivity contribution < 1.29 is 82.8 Å². The number of amides is 5. The second-order valence-corrected chi connectivity index (χ2v) is 20.4. The molecule has 1 aromatic rings. The van der Waals surface area contributed by atoms with Crippen molar-refractivity contribution in [1.82, 2.24) is 31.5 Å². The number of nitrogens with zero attached hydrogens (tertiary/aromatic N) is 1. The number of likely N-dealkylation sites (tertiary alicyclic amines) is 1. The Morgan fingerprint density at radius 1 is 0.959 bits per heavy atom. The van der Waals surface area contributed by atoms with Gasteiger partial charge in [0.25, 0.3) is 0 Å². The summed E-state index contributed by atoms with van der Waals surface area (Å²) in [5.74, 6) is -10.5. The average Bonchev–Trinajstić information content (AvgIpc) is 3.86. The summed E-state index contributed by atoms with van der Waals surface area (Å²) in [6, 6.07) is 0.178. The topological polar surface area (TPSA) is 338 Å². The van der Waals surface area contributed by atoms with E-state index < -0.39 is 151 Å². The quantitative estimate of drug-likeness (QED) is 0.0673. The summed E-state index contributed by atoms with van der Waals surface area (Å²) >= 11 is 0. The molecular formula is C51H72N6O17. The lowest BCUT2D eigenvalue weighted by molar-refractivity contribution is -0.242. The molecule has 3 aliphatic carbocycles. The molecular weight excluding hydrogens is 969 g/mol. The summed E-state index contributed by atoms with van der Waals surface area (Å²) in [5.41, 5.74) is -3.03. The average molecular weight is 1040 g/mol. The lowest BCUT2D eigenvalue weighted by Crippen LogP contribution is -2.60. The first kappa shape index (κ1) is 57.5. The second-order valence-electron chi connectivity index (χ2n) is 20.4. The van der Waals surface area contributed by atoms with Crippen LogP contribution in [-0.4, -0.2) is 185 Å². The van der Waals surface area contributed by atoms with Gasteiger partial charge in [-0.05, 0) is 57.1 Å². The maximum Gasteiger partial charge on any atom is 0.243 e. The van der Waals surface area contributed by atoms with Crippen LogP contribution in [0.3, 0.4) is 0 Å². The Hall–Kier alpha value is -5.82. The third kappa shape index (κ3) is 12.5. The van der Waals surface area contributed by atoms with E-state index >= 15 is 0 Å². The van der Waals surface area contributed by atoms with Crippen molar-refractivity contribution in [2.75, 3.05) is 53.6 Å². The van der Waals surface area contributed by atoms with Gasteiger partial charge in [-0.25, -0.2) is 0 Å². The highest BCUT2D eigenvalue weighted by Gasteiger charge is 2.57. The molecule has 23 nitrogen and oxygen atoms in total. The van der Waals surface area contributed by atoms with Gasteiger partial charge in [0.15, 0.2) is 23.6 Å².